The van der Waals surface area contributed by atoms with Crippen LogP contribution < -0.4 is 5.32 Å². The van der Waals surface area contributed by atoms with Crippen LogP contribution in [0, 0.1) is 0 Å². The maximum absolute atomic E-state index is 13.3. The number of nitrogens with zero attached hydrogens (tertiary/aromatic N) is 2. The second-order valence-electron chi connectivity index (χ2n) is 8.47. The van der Waals surface area contributed by atoms with Gasteiger partial charge < -0.3 is 19.5 Å². The fourth-order valence-corrected chi connectivity index (χ4v) is 5.79. The van der Waals surface area contributed by atoms with E-state index in [2.05, 4.69) is 5.32 Å². The van der Waals surface area contributed by atoms with E-state index in [4.69, 9.17) is 4.74 Å². The number of amides is 2. The molecule has 1 aliphatic rings. The Labute approximate surface area is 203 Å². The van der Waals surface area contributed by atoms with Gasteiger partial charge in [-0.1, -0.05) is 54.6 Å². The number of benzene rings is 3. The quantitative estimate of drug-likeness (QED) is 0.447. The Morgan fingerprint density at radius 2 is 1.57 bits per heavy atom. The molecular weight excluding hydrogens is 466 g/mol. The SMILES string of the molecule is O=C(CS(=O)(=O)c1cn(CC(=O)N2CCOCC2)c2ccccc12)Nc1cccc2ccccc12. The van der Waals surface area contributed by atoms with E-state index >= 15 is 0 Å². The molecule has 0 spiro atoms. The largest absolute Gasteiger partial charge is 0.378 e. The first-order valence-electron chi connectivity index (χ1n) is 11.4. The molecule has 0 bridgehead atoms. The molecule has 5 rings (SSSR count). The highest BCUT2D eigenvalue weighted by Gasteiger charge is 2.26. The number of ether oxygens (including phenoxy) is 1. The number of rotatable bonds is 6. The predicted molar refractivity (Wildman–Crippen MR) is 134 cm³/mol. The summed E-state index contributed by atoms with van der Waals surface area (Å²) in [6.45, 7) is 2.01. The lowest BCUT2D eigenvalue weighted by Crippen LogP contribution is -2.42. The van der Waals surface area contributed by atoms with Gasteiger partial charge in [-0.05, 0) is 17.5 Å². The average molecular weight is 492 g/mol. The summed E-state index contributed by atoms with van der Waals surface area (Å²) in [7, 11) is -3.98. The van der Waals surface area contributed by atoms with E-state index in [1.54, 1.807) is 39.8 Å². The third-order valence-electron chi connectivity index (χ3n) is 6.14. The minimum absolute atomic E-state index is 0.0121. The van der Waals surface area contributed by atoms with Crippen molar-refractivity contribution in [3.05, 3.63) is 72.9 Å². The maximum Gasteiger partial charge on any atom is 0.242 e. The van der Waals surface area contributed by atoms with Crippen molar-refractivity contribution in [3.8, 4) is 0 Å². The number of nitrogens with one attached hydrogen (secondary N) is 1. The second kappa shape index (κ2) is 9.52. The number of anilines is 1. The summed E-state index contributed by atoms with van der Waals surface area (Å²) in [5.74, 6) is -1.43. The van der Waals surface area contributed by atoms with E-state index in [1.165, 1.54) is 6.20 Å². The van der Waals surface area contributed by atoms with Crippen LogP contribution in [0.2, 0.25) is 0 Å². The zero-order chi connectivity index (χ0) is 24.4. The zero-order valence-corrected chi connectivity index (χ0v) is 19.8. The van der Waals surface area contributed by atoms with E-state index < -0.39 is 21.5 Å². The van der Waals surface area contributed by atoms with Gasteiger partial charge in [-0.15, -0.1) is 0 Å². The fourth-order valence-electron chi connectivity index (χ4n) is 4.42. The number of hydrogen-bond donors (Lipinski definition) is 1. The van der Waals surface area contributed by atoms with Crippen molar-refractivity contribution in [2.75, 3.05) is 37.4 Å². The Morgan fingerprint density at radius 1 is 0.886 bits per heavy atom. The van der Waals surface area contributed by atoms with E-state index in [0.717, 1.165) is 10.8 Å². The Balaban J connectivity index is 1.40. The highest BCUT2D eigenvalue weighted by Crippen LogP contribution is 2.27. The number of fused-ring (bicyclic) bond motifs is 2. The summed E-state index contributed by atoms with van der Waals surface area (Å²) in [5, 5.41) is 5.01. The molecule has 2 heterocycles. The van der Waals surface area contributed by atoms with Gasteiger partial charge in [0.1, 0.15) is 12.3 Å². The molecule has 3 aromatic carbocycles. The van der Waals surface area contributed by atoms with Gasteiger partial charge in [-0.3, -0.25) is 9.59 Å². The summed E-state index contributed by atoms with van der Waals surface area (Å²) in [5.41, 5.74) is 1.18. The molecule has 1 saturated heterocycles. The molecule has 0 atom stereocenters. The molecule has 1 aliphatic heterocycles. The summed E-state index contributed by atoms with van der Waals surface area (Å²) in [6, 6.07) is 20.1. The molecule has 1 N–H and O–H groups in total. The van der Waals surface area contributed by atoms with Crippen molar-refractivity contribution in [2.24, 2.45) is 0 Å². The smallest absolute Gasteiger partial charge is 0.242 e. The molecule has 0 saturated carbocycles. The molecule has 0 unspecified atom stereocenters. The summed E-state index contributed by atoms with van der Waals surface area (Å²) >= 11 is 0. The van der Waals surface area contributed by atoms with E-state index in [0.29, 0.717) is 42.9 Å². The fraction of sp³-hybridized carbons (Fsp3) is 0.231. The number of carbonyl (C=O) groups excluding carboxylic acids is 2. The molecule has 8 nitrogen and oxygen atoms in total. The van der Waals surface area contributed by atoms with Gasteiger partial charge in [0.15, 0.2) is 9.84 Å². The minimum Gasteiger partial charge on any atom is -0.378 e. The summed E-state index contributed by atoms with van der Waals surface area (Å²) < 4.78 is 33.6. The zero-order valence-electron chi connectivity index (χ0n) is 19.0. The van der Waals surface area contributed by atoms with Gasteiger partial charge in [0, 0.05) is 41.3 Å². The topological polar surface area (TPSA) is 97.7 Å². The van der Waals surface area contributed by atoms with Crippen LogP contribution in [0.25, 0.3) is 21.7 Å². The molecular formula is C26H25N3O5S. The molecule has 0 aliphatic carbocycles. The van der Waals surface area contributed by atoms with Crippen LogP contribution in [0.5, 0.6) is 0 Å². The number of hydrogen-bond acceptors (Lipinski definition) is 5. The number of sulfone groups is 1. The molecule has 9 heteroatoms. The number of morpholine rings is 1. The van der Waals surface area contributed by atoms with Gasteiger partial charge in [-0.2, -0.15) is 0 Å². The highest BCUT2D eigenvalue weighted by molar-refractivity contribution is 7.92. The van der Waals surface area contributed by atoms with Gasteiger partial charge in [0.2, 0.25) is 11.8 Å². The van der Waals surface area contributed by atoms with Crippen LogP contribution in [0.15, 0.2) is 77.8 Å². The predicted octanol–water partition coefficient (Wildman–Crippen LogP) is 3.07. The third-order valence-corrected chi connectivity index (χ3v) is 7.78. The first-order chi connectivity index (χ1) is 16.9. The number of para-hydroxylation sites is 1. The van der Waals surface area contributed by atoms with Crippen LogP contribution in [-0.4, -0.2) is 61.8 Å². The lowest BCUT2D eigenvalue weighted by molar-refractivity contribution is -0.135. The van der Waals surface area contributed by atoms with Crippen molar-refractivity contribution >= 4 is 49.0 Å². The van der Waals surface area contributed by atoms with E-state index in [9.17, 15) is 18.0 Å². The maximum atomic E-state index is 13.3. The first kappa shape index (κ1) is 23.1. The monoisotopic (exact) mass is 491 g/mol. The second-order valence-corrected chi connectivity index (χ2v) is 10.4. The Kier molecular flexibility index (Phi) is 6.27. The standard InChI is InChI=1S/C26H25N3O5S/c30-25(27-22-10-5-7-19-6-1-2-8-20(19)22)18-35(32,33)24-16-29(23-11-4-3-9-21(23)24)17-26(31)28-12-14-34-15-13-28/h1-11,16H,12-15,17-18H2,(H,27,30). The van der Waals surface area contributed by atoms with E-state index in [1.807, 2.05) is 36.4 Å². The highest BCUT2D eigenvalue weighted by atomic mass is 32.2. The van der Waals surface area contributed by atoms with Crippen molar-refractivity contribution in [1.82, 2.24) is 9.47 Å². The molecule has 1 fully saturated rings. The molecule has 4 aromatic rings. The van der Waals surface area contributed by atoms with Crippen LogP contribution in [0.1, 0.15) is 0 Å². The summed E-state index contributed by atoms with van der Waals surface area (Å²) in [6.07, 6.45) is 1.46. The number of aromatic nitrogens is 1. The van der Waals surface area contributed by atoms with Crippen molar-refractivity contribution < 1.29 is 22.7 Å². The minimum atomic E-state index is -3.98. The number of carbonyl (C=O) groups is 2. The van der Waals surface area contributed by atoms with Crippen molar-refractivity contribution in [3.63, 3.8) is 0 Å². The van der Waals surface area contributed by atoms with Crippen LogP contribution in [0.4, 0.5) is 5.69 Å². The molecule has 180 valence electrons. The van der Waals surface area contributed by atoms with Gasteiger partial charge in [0.25, 0.3) is 0 Å². The van der Waals surface area contributed by atoms with Crippen LogP contribution in [-0.2, 0) is 30.7 Å². The molecule has 2 amide bonds. The van der Waals surface area contributed by atoms with Crippen molar-refractivity contribution in [1.29, 1.82) is 0 Å². The van der Waals surface area contributed by atoms with Gasteiger partial charge >= 0.3 is 0 Å². The summed E-state index contributed by atoms with van der Waals surface area (Å²) in [4.78, 5) is 27.3. The lowest BCUT2D eigenvalue weighted by atomic mass is 10.1. The lowest BCUT2D eigenvalue weighted by Gasteiger charge is -2.27. The normalized spacial score (nSPS) is 14.3. The molecule has 0 radical (unpaired) electrons. The third kappa shape index (κ3) is 4.78. The Bertz CT molecular complexity index is 1520. The van der Waals surface area contributed by atoms with E-state index in [-0.39, 0.29) is 17.3 Å². The Hall–Kier alpha value is -3.69. The average Bonchev–Trinajstić information content (AvgIpc) is 3.24. The molecule has 35 heavy (non-hydrogen) atoms. The van der Waals surface area contributed by atoms with Crippen LogP contribution in [0.3, 0.4) is 0 Å². The van der Waals surface area contributed by atoms with Crippen molar-refractivity contribution in [2.45, 2.75) is 11.4 Å². The Morgan fingerprint density at radius 3 is 2.37 bits per heavy atom. The molecule has 1 aromatic heterocycles. The van der Waals surface area contributed by atoms with Gasteiger partial charge in [0.05, 0.1) is 18.1 Å². The first-order valence-corrected chi connectivity index (χ1v) is 13.0. The van der Waals surface area contributed by atoms with Crippen LogP contribution >= 0.6 is 0 Å². The van der Waals surface area contributed by atoms with Gasteiger partial charge in [-0.25, -0.2) is 8.42 Å².